The Labute approximate surface area is 92.5 Å². The van der Waals surface area contributed by atoms with Gasteiger partial charge in [-0.3, -0.25) is 0 Å². The zero-order valence-corrected chi connectivity index (χ0v) is 11.0. The van der Waals surface area contributed by atoms with Crippen LogP contribution in [-0.2, 0) is 0 Å². The largest absolute Gasteiger partial charge is 0.103 e. The van der Waals surface area contributed by atoms with Crippen molar-refractivity contribution in [2.24, 2.45) is 5.92 Å². The van der Waals surface area contributed by atoms with Gasteiger partial charge in [0.1, 0.15) is 0 Å². The van der Waals surface area contributed by atoms with Crippen LogP contribution in [0.2, 0.25) is 18.1 Å². The van der Waals surface area contributed by atoms with Gasteiger partial charge in [-0.25, -0.2) is 0 Å². The molecule has 1 radical (unpaired) electrons. The van der Waals surface area contributed by atoms with Gasteiger partial charge in [0.2, 0.25) is 0 Å². The number of allylic oxidation sites excluding steroid dienone is 1. The van der Waals surface area contributed by atoms with Crippen LogP contribution in [0.5, 0.6) is 0 Å². The lowest BCUT2D eigenvalue weighted by Crippen LogP contribution is -2.21. The maximum absolute atomic E-state index is 3.77. The van der Waals surface area contributed by atoms with Crippen molar-refractivity contribution < 1.29 is 0 Å². The van der Waals surface area contributed by atoms with Gasteiger partial charge in [-0.05, 0) is 12.3 Å². The molecule has 13 heavy (non-hydrogen) atoms. The summed E-state index contributed by atoms with van der Waals surface area (Å²) in [5, 5.41) is 1.23. The van der Waals surface area contributed by atoms with Crippen molar-refractivity contribution in [1.82, 2.24) is 0 Å². The van der Waals surface area contributed by atoms with Gasteiger partial charge in [0.15, 0.2) is 0 Å². The predicted molar refractivity (Wildman–Crippen MR) is 66.1 cm³/mol. The third kappa shape index (κ3) is 4.46. The maximum atomic E-state index is 3.77. The summed E-state index contributed by atoms with van der Waals surface area (Å²) in [6.07, 6.45) is 7.68. The fourth-order valence-corrected chi connectivity index (χ4v) is 5.72. The Bertz CT molecular complexity index is 139. The Balaban J connectivity index is 2.06. The second kappa shape index (κ2) is 6.83. The summed E-state index contributed by atoms with van der Waals surface area (Å²) in [5.74, 6) is 0.994. The van der Waals surface area contributed by atoms with Gasteiger partial charge < -0.3 is 0 Å². The molecule has 0 N–H and O–H groups in total. The monoisotopic (exact) mass is 259 g/mol. The standard InChI is InChI=1S/C11H20BrSi/c1-2-3-4-7-13-8-5-11(10-12)6-9-13/h2,11H,1,3-10H2. The molecule has 1 fully saturated rings. The molecule has 0 bridgehead atoms. The highest BCUT2D eigenvalue weighted by molar-refractivity contribution is 9.09. The first-order valence-corrected chi connectivity index (χ1v) is 8.61. The Hall–Kier alpha value is 0.437. The molecule has 2 heteroatoms. The van der Waals surface area contributed by atoms with Crippen molar-refractivity contribution in [1.29, 1.82) is 0 Å². The lowest BCUT2D eigenvalue weighted by Gasteiger charge is -2.25. The van der Waals surface area contributed by atoms with Gasteiger partial charge in [0.05, 0.1) is 0 Å². The van der Waals surface area contributed by atoms with Gasteiger partial charge in [-0.15, -0.1) is 6.58 Å². The molecule has 75 valence electrons. The third-order valence-electron chi connectivity index (χ3n) is 2.97. The van der Waals surface area contributed by atoms with Crippen LogP contribution in [0.1, 0.15) is 25.7 Å². The van der Waals surface area contributed by atoms with E-state index >= 15 is 0 Å². The molecule has 0 nitrogen and oxygen atoms in total. The highest BCUT2D eigenvalue weighted by Crippen LogP contribution is 2.28. The fourth-order valence-electron chi connectivity index (χ4n) is 1.99. The van der Waals surface area contributed by atoms with E-state index in [9.17, 15) is 0 Å². The predicted octanol–water partition coefficient (Wildman–Crippen LogP) is 4.25. The summed E-state index contributed by atoms with van der Waals surface area (Å²) in [6, 6.07) is 4.67. The molecule has 0 amide bonds. The van der Waals surface area contributed by atoms with Gasteiger partial charge in [0.25, 0.3) is 0 Å². The molecule has 1 aliphatic rings. The first-order valence-electron chi connectivity index (χ1n) is 5.37. The van der Waals surface area contributed by atoms with Crippen LogP contribution >= 0.6 is 15.9 Å². The lowest BCUT2D eigenvalue weighted by molar-refractivity contribution is 0.528. The Kier molecular flexibility index (Phi) is 6.04. The molecule has 0 atom stereocenters. The molecule has 0 aliphatic carbocycles. The van der Waals surface area contributed by atoms with E-state index in [2.05, 4.69) is 28.6 Å². The van der Waals surface area contributed by atoms with Gasteiger partial charge in [-0.1, -0.05) is 59.4 Å². The summed E-state index contributed by atoms with van der Waals surface area (Å²) >= 11 is 3.59. The molecule has 0 aromatic carbocycles. The summed E-state index contributed by atoms with van der Waals surface area (Å²) < 4.78 is 0. The third-order valence-corrected chi connectivity index (χ3v) is 6.94. The average Bonchev–Trinajstić information content (AvgIpc) is 2.19. The Morgan fingerprint density at radius 1 is 1.38 bits per heavy atom. The summed E-state index contributed by atoms with van der Waals surface area (Å²) in [5.41, 5.74) is 0. The van der Waals surface area contributed by atoms with Crippen LogP contribution in [0.25, 0.3) is 0 Å². The number of rotatable bonds is 5. The van der Waals surface area contributed by atoms with Crippen molar-refractivity contribution in [3.63, 3.8) is 0 Å². The molecular weight excluding hydrogens is 240 g/mol. The van der Waals surface area contributed by atoms with E-state index in [4.69, 9.17) is 0 Å². The molecule has 0 spiro atoms. The van der Waals surface area contributed by atoms with Crippen molar-refractivity contribution >= 4 is 24.7 Å². The Morgan fingerprint density at radius 3 is 2.62 bits per heavy atom. The van der Waals surface area contributed by atoms with E-state index in [1.807, 2.05) is 0 Å². The van der Waals surface area contributed by atoms with Crippen LogP contribution in [0.15, 0.2) is 12.7 Å². The number of alkyl halides is 1. The Morgan fingerprint density at radius 2 is 2.08 bits per heavy atom. The molecule has 1 rings (SSSR count). The van der Waals surface area contributed by atoms with Crippen LogP contribution in [-0.4, -0.2) is 14.1 Å². The normalized spacial score (nSPS) is 20.4. The van der Waals surface area contributed by atoms with Crippen LogP contribution in [0.3, 0.4) is 0 Å². The van der Waals surface area contributed by atoms with Crippen molar-refractivity contribution in [3.8, 4) is 0 Å². The topological polar surface area (TPSA) is 0 Å². The summed E-state index contributed by atoms with van der Waals surface area (Å²) in [4.78, 5) is 0. The van der Waals surface area contributed by atoms with E-state index in [1.54, 1.807) is 12.1 Å². The highest BCUT2D eigenvalue weighted by Gasteiger charge is 2.20. The minimum absolute atomic E-state index is 0.0685. The summed E-state index contributed by atoms with van der Waals surface area (Å²) in [6.45, 7) is 3.77. The van der Waals surface area contributed by atoms with Crippen LogP contribution < -0.4 is 0 Å². The zero-order chi connectivity index (χ0) is 9.52. The second-order valence-corrected chi connectivity index (χ2v) is 7.68. The van der Waals surface area contributed by atoms with Crippen molar-refractivity contribution in [2.75, 3.05) is 5.33 Å². The average molecular weight is 260 g/mol. The smallest absolute Gasteiger partial charge is 0.0479 e. The summed E-state index contributed by atoms with van der Waals surface area (Å²) in [7, 11) is 0.0685. The first kappa shape index (κ1) is 11.5. The van der Waals surface area contributed by atoms with E-state index in [-0.39, 0.29) is 8.80 Å². The SMILES string of the molecule is C=CCCC[Si]1CCC(CBr)CC1. The first-order chi connectivity index (χ1) is 6.36. The molecule has 1 aliphatic heterocycles. The molecule has 0 aromatic rings. The zero-order valence-electron chi connectivity index (χ0n) is 8.40. The minimum Gasteiger partial charge on any atom is -0.103 e. The molecule has 1 heterocycles. The van der Waals surface area contributed by atoms with E-state index < -0.39 is 0 Å². The maximum Gasteiger partial charge on any atom is 0.0479 e. The van der Waals surface area contributed by atoms with Crippen molar-refractivity contribution in [3.05, 3.63) is 12.7 Å². The van der Waals surface area contributed by atoms with Crippen LogP contribution in [0, 0.1) is 5.92 Å². The van der Waals surface area contributed by atoms with E-state index in [0.717, 1.165) is 5.92 Å². The van der Waals surface area contributed by atoms with E-state index in [0.29, 0.717) is 0 Å². The minimum atomic E-state index is 0.0685. The highest BCUT2D eigenvalue weighted by atomic mass is 79.9. The number of hydrogen-bond acceptors (Lipinski definition) is 0. The van der Waals surface area contributed by atoms with Crippen LogP contribution in [0.4, 0.5) is 0 Å². The molecular formula is C11H20BrSi. The second-order valence-electron chi connectivity index (χ2n) is 4.03. The van der Waals surface area contributed by atoms with Gasteiger partial charge in [-0.2, -0.15) is 0 Å². The quantitative estimate of drug-likeness (QED) is 0.300. The lowest BCUT2D eigenvalue weighted by atomic mass is 10.1. The van der Waals surface area contributed by atoms with Gasteiger partial charge >= 0.3 is 0 Å². The molecule has 0 saturated carbocycles. The number of unbranched alkanes of at least 4 members (excludes halogenated alkanes) is 1. The molecule has 0 aromatic heterocycles. The molecule has 0 unspecified atom stereocenters. The fraction of sp³-hybridized carbons (Fsp3) is 0.818. The molecule has 1 saturated heterocycles. The van der Waals surface area contributed by atoms with Crippen molar-refractivity contribution in [2.45, 2.75) is 43.8 Å². The number of hydrogen-bond donors (Lipinski definition) is 0. The number of halogens is 1. The van der Waals surface area contributed by atoms with Gasteiger partial charge in [0, 0.05) is 14.1 Å². The van der Waals surface area contributed by atoms with E-state index in [1.165, 1.54) is 37.1 Å².